The molecule has 0 aliphatic carbocycles. The minimum atomic E-state index is -2.70. The summed E-state index contributed by atoms with van der Waals surface area (Å²) in [6.45, 7) is 9.08. The summed E-state index contributed by atoms with van der Waals surface area (Å²) in [7, 11) is -1.11. The van der Waals surface area contributed by atoms with Crippen molar-refractivity contribution in [1.29, 1.82) is 0 Å². The molecule has 0 radical (unpaired) electrons. The van der Waals surface area contributed by atoms with E-state index in [1.54, 1.807) is 7.11 Å². The van der Waals surface area contributed by atoms with Gasteiger partial charge in [-0.2, -0.15) is 0 Å². The van der Waals surface area contributed by atoms with Gasteiger partial charge in [0.25, 0.3) is 8.32 Å². The highest BCUT2D eigenvalue weighted by molar-refractivity contribution is 6.99. The van der Waals surface area contributed by atoms with Crippen LogP contribution >= 0.6 is 0 Å². The molecule has 0 spiro atoms. The molecule has 4 rings (SSSR count). The smallest absolute Gasteiger partial charge is 0.261 e. The lowest BCUT2D eigenvalue weighted by Crippen LogP contribution is -2.67. The molecule has 3 aromatic rings. The van der Waals surface area contributed by atoms with Crippen molar-refractivity contribution < 1.29 is 19.0 Å². The van der Waals surface area contributed by atoms with E-state index >= 15 is 0 Å². The summed E-state index contributed by atoms with van der Waals surface area (Å²) < 4.78 is 19.0. The molecule has 0 saturated carbocycles. The lowest BCUT2D eigenvalue weighted by molar-refractivity contribution is -0.195. The van der Waals surface area contributed by atoms with Crippen molar-refractivity contribution in [3.05, 3.63) is 96.6 Å². The van der Waals surface area contributed by atoms with E-state index in [0.29, 0.717) is 19.7 Å². The molecule has 1 saturated heterocycles. The van der Waals surface area contributed by atoms with Crippen LogP contribution in [0, 0.1) is 0 Å². The minimum Gasteiger partial charge on any atom is -0.405 e. The number of nitrogens with zero attached hydrogens (tertiary/aromatic N) is 1. The van der Waals surface area contributed by atoms with Gasteiger partial charge in [-0.15, -0.1) is 0 Å². The SMILES string of the molecule is CO[C@H]1O[C@H](CO[Si](c2ccccc2)(c2ccccc2)C(C)(C)C)CN(Cc2ccccc2)C[C@H]1O. The van der Waals surface area contributed by atoms with E-state index in [0.717, 1.165) is 6.54 Å². The molecule has 1 aliphatic rings. The van der Waals surface area contributed by atoms with E-state index in [9.17, 15) is 5.11 Å². The number of rotatable bonds is 8. The van der Waals surface area contributed by atoms with Crippen molar-refractivity contribution in [2.75, 3.05) is 26.8 Å². The standard InChI is InChI=1S/C30H39NO4Si/c1-30(2,3)36(26-16-10-6-11-17-26,27-18-12-7-13-19-27)34-23-25-21-31(20-24-14-8-5-9-15-24)22-28(32)29(33-4)35-25/h5-19,25,28-29,32H,20-23H2,1-4H3/t25-,28+,29-/m0/s1. The van der Waals surface area contributed by atoms with E-state index in [4.69, 9.17) is 13.9 Å². The van der Waals surface area contributed by atoms with Gasteiger partial charge in [0.2, 0.25) is 0 Å². The number of hydrogen-bond donors (Lipinski definition) is 1. The van der Waals surface area contributed by atoms with Crippen LogP contribution in [0.2, 0.25) is 5.04 Å². The molecule has 0 unspecified atom stereocenters. The Bertz CT molecular complexity index is 1020. The molecule has 1 aliphatic heterocycles. The molecule has 3 aromatic carbocycles. The van der Waals surface area contributed by atoms with Gasteiger partial charge in [0.1, 0.15) is 6.10 Å². The Hall–Kier alpha value is -2.32. The second-order valence-corrected chi connectivity index (χ2v) is 14.9. The van der Waals surface area contributed by atoms with Crippen molar-refractivity contribution >= 4 is 18.7 Å². The number of methoxy groups -OCH3 is 1. The Morgan fingerprint density at radius 1 is 0.861 bits per heavy atom. The quantitative estimate of drug-likeness (QED) is 0.472. The number of ether oxygens (including phenoxy) is 2. The second kappa shape index (κ2) is 11.8. The fraction of sp³-hybridized carbons (Fsp3) is 0.400. The van der Waals surface area contributed by atoms with Crippen molar-refractivity contribution in [3.63, 3.8) is 0 Å². The molecule has 1 N–H and O–H groups in total. The van der Waals surface area contributed by atoms with E-state index < -0.39 is 20.7 Å². The lowest BCUT2D eigenvalue weighted by atomic mass is 10.2. The van der Waals surface area contributed by atoms with Gasteiger partial charge in [0, 0.05) is 26.7 Å². The molecule has 1 heterocycles. The molecule has 3 atom stereocenters. The molecule has 192 valence electrons. The topological polar surface area (TPSA) is 51.2 Å². The number of aliphatic hydroxyl groups excluding tert-OH is 1. The van der Waals surface area contributed by atoms with Gasteiger partial charge in [0.05, 0.1) is 12.7 Å². The van der Waals surface area contributed by atoms with E-state index in [-0.39, 0.29) is 11.1 Å². The summed E-state index contributed by atoms with van der Waals surface area (Å²) in [6, 6.07) is 31.6. The van der Waals surface area contributed by atoms with Crippen LogP contribution in [0.25, 0.3) is 0 Å². The first-order valence-corrected chi connectivity index (χ1v) is 14.6. The van der Waals surface area contributed by atoms with Gasteiger partial charge in [-0.1, -0.05) is 112 Å². The van der Waals surface area contributed by atoms with E-state index in [1.807, 2.05) is 18.2 Å². The Labute approximate surface area is 216 Å². The van der Waals surface area contributed by atoms with Gasteiger partial charge in [-0.05, 0) is 21.0 Å². The summed E-state index contributed by atoms with van der Waals surface area (Å²) in [5.41, 5.74) is 1.20. The third kappa shape index (κ3) is 5.97. The molecule has 1 fully saturated rings. The van der Waals surface area contributed by atoms with Gasteiger partial charge < -0.3 is 19.0 Å². The zero-order valence-electron chi connectivity index (χ0n) is 21.8. The lowest BCUT2D eigenvalue weighted by Gasteiger charge is -2.43. The molecule has 5 nitrogen and oxygen atoms in total. The van der Waals surface area contributed by atoms with Crippen LogP contribution in [0.1, 0.15) is 26.3 Å². The number of hydrogen-bond acceptors (Lipinski definition) is 5. The number of β-amino-alcohol motifs (C(OH)–C–C–N with tert-alkyl or cyclic N) is 1. The summed E-state index contributed by atoms with van der Waals surface area (Å²) in [4.78, 5) is 2.23. The molecule has 6 heteroatoms. The maximum atomic E-state index is 10.8. The van der Waals surface area contributed by atoms with E-state index in [2.05, 4.69) is 98.5 Å². The highest BCUT2D eigenvalue weighted by Crippen LogP contribution is 2.37. The molecule has 0 bridgehead atoms. The molecular weight excluding hydrogens is 466 g/mol. The van der Waals surface area contributed by atoms with Crippen LogP contribution < -0.4 is 10.4 Å². The predicted molar refractivity (Wildman–Crippen MR) is 147 cm³/mol. The van der Waals surface area contributed by atoms with Crippen LogP contribution in [0.4, 0.5) is 0 Å². The Kier molecular flexibility index (Phi) is 8.77. The highest BCUT2D eigenvalue weighted by atomic mass is 28.4. The molecule has 36 heavy (non-hydrogen) atoms. The molecular formula is C30H39NO4Si. The first-order valence-electron chi connectivity index (χ1n) is 12.7. The normalized spacial score (nSPS) is 21.8. The summed E-state index contributed by atoms with van der Waals surface area (Å²) >= 11 is 0. The van der Waals surface area contributed by atoms with Crippen molar-refractivity contribution in [2.45, 2.75) is 50.9 Å². The average Bonchev–Trinajstić information content (AvgIpc) is 3.03. The zero-order chi connectivity index (χ0) is 25.6. The van der Waals surface area contributed by atoms with Crippen LogP contribution in [0.5, 0.6) is 0 Å². The van der Waals surface area contributed by atoms with Gasteiger partial charge in [0.15, 0.2) is 6.29 Å². The maximum absolute atomic E-state index is 10.8. The van der Waals surface area contributed by atoms with Gasteiger partial charge in [-0.25, -0.2) is 0 Å². The summed E-state index contributed by atoms with van der Waals surface area (Å²) in [5, 5.41) is 13.2. The highest BCUT2D eigenvalue weighted by Gasteiger charge is 2.50. The first kappa shape index (κ1) is 26.7. The number of aliphatic hydroxyl groups is 1. The average molecular weight is 506 g/mol. The second-order valence-electron chi connectivity index (χ2n) is 10.6. The third-order valence-corrected chi connectivity index (χ3v) is 11.9. The van der Waals surface area contributed by atoms with Crippen LogP contribution in [0.15, 0.2) is 91.0 Å². The third-order valence-electron chi connectivity index (χ3n) is 6.93. The van der Waals surface area contributed by atoms with Crippen molar-refractivity contribution in [1.82, 2.24) is 4.90 Å². The fourth-order valence-corrected chi connectivity index (χ4v) is 9.88. The Balaban J connectivity index is 1.64. The zero-order valence-corrected chi connectivity index (χ0v) is 22.8. The Morgan fingerprint density at radius 2 is 1.39 bits per heavy atom. The maximum Gasteiger partial charge on any atom is 0.261 e. The van der Waals surface area contributed by atoms with Crippen LogP contribution in [-0.2, 0) is 20.4 Å². The minimum absolute atomic E-state index is 0.121. The van der Waals surface area contributed by atoms with Crippen molar-refractivity contribution in [3.8, 4) is 0 Å². The summed E-state index contributed by atoms with van der Waals surface area (Å²) in [5.74, 6) is 0. The van der Waals surface area contributed by atoms with Crippen molar-refractivity contribution in [2.24, 2.45) is 0 Å². The van der Waals surface area contributed by atoms with Crippen LogP contribution in [-0.4, -0.2) is 63.6 Å². The Morgan fingerprint density at radius 3 is 1.89 bits per heavy atom. The monoisotopic (exact) mass is 505 g/mol. The van der Waals surface area contributed by atoms with Gasteiger partial charge >= 0.3 is 0 Å². The first-order chi connectivity index (χ1) is 17.3. The van der Waals surface area contributed by atoms with Gasteiger partial charge in [-0.3, -0.25) is 4.90 Å². The molecule has 0 aromatic heterocycles. The molecule has 0 amide bonds. The summed E-state index contributed by atoms with van der Waals surface area (Å²) in [6.07, 6.45) is -1.69. The fourth-order valence-electron chi connectivity index (χ4n) is 5.29. The van der Waals surface area contributed by atoms with E-state index in [1.165, 1.54) is 15.9 Å². The largest absolute Gasteiger partial charge is 0.405 e. The number of benzene rings is 3. The predicted octanol–water partition coefficient (Wildman–Crippen LogP) is 3.80. The van der Waals surface area contributed by atoms with Crippen LogP contribution in [0.3, 0.4) is 0 Å².